The maximum atomic E-state index is 8.81. The highest BCUT2D eigenvalue weighted by molar-refractivity contribution is 5.35. The molecule has 0 radical (unpaired) electrons. The van der Waals surface area contributed by atoms with Crippen molar-refractivity contribution in [3.8, 4) is 17.6 Å². The van der Waals surface area contributed by atoms with Crippen molar-refractivity contribution >= 4 is 0 Å². The zero-order valence-electron chi connectivity index (χ0n) is 9.63. The summed E-state index contributed by atoms with van der Waals surface area (Å²) in [4.78, 5) is 0. The van der Waals surface area contributed by atoms with E-state index in [1.54, 1.807) is 0 Å². The molecule has 0 amide bonds. The molecule has 1 unspecified atom stereocenters. The van der Waals surface area contributed by atoms with Crippen molar-refractivity contribution in [3.63, 3.8) is 0 Å². The standard InChI is InChI=1S/C15H13NO/c1-12(11-16)13-7-9-15(10-8-13)17-14-5-3-2-4-6-14/h2-10,12H,1H3. The third-order valence-electron chi connectivity index (χ3n) is 2.55. The molecule has 0 fully saturated rings. The Morgan fingerprint density at radius 2 is 1.53 bits per heavy atom. The van der Waals surface area contributed by atoms with Crippen LogP contribution in [-0.2, 0) is 0 Å². The Morgan fingerprint density at radius 1 is 0.941 bits per heavy atom. The number of nitrogens with zero attached hydrogens (tertiary/aromatic N) is 1. The van der Waals surface area contributed by atoms with Crippen molar-refractivity contribution in [3.05, 3.63) is 60.2 Å². The summed E-state index contributed by atoms with van der Waals surface area (Å²) in [6, 6.07) is 19.5. The van der Waals surface area contributed by atoms with Gasteiger partial charge in [-0.05, 0) is 36.8 Å². The van der Waals surface area contributed by atoms with E-state index in [0.717, 1.165) is 17.1 Å². The van der Waals surface area contributed by atoms with Gasteiger partial charge in [0.25, 0.3) is 0 Å². The minimum absolute atomic E-state index is 0.0826. The number of ether oxygens (including phenoxy) is 1. The second-order valence-corrected chi connectivity index (χ2v) is 3.83. The van der Waals surface area contributed by atoms with Gasteiger partial charge in [0.05, 0.1) is 12.0 Å². The molecule has 84 valence electrons. The molecule has 2 rings (SSSR count). The molecule has 0 saturated heterocycles. The van der Waals surface area contributed by atoms with Crippen molar-refractivity contribution in [2.45, 2.75) is 12.8 Å². The number of nitriles is 1. The van der Waals surface area contributed by atoms with E-state index in [1.807, 2.05) is 61.5 Å². The van der Waals surface area contributed by atoms with Crippen molar-refractivity contribution in [2.75, 3.05) is 0 Å². The number of hydrogen-bond acceptors (Lipinski definition) is 2. The molecular weight excluding hydrogens is 210 g/mol. The van der Waals surface area contributed by atoms with Crippen LogP contribution < -0.4 is 4.74 Å². The Bertz CT molecular complexity index is 511. The summed E-state index contributed by atoms with van der Waals surface area (Å²) in [6.07, 6.45) is 0. The second-order valence-electron chi connectivity index (χ2n) is 3.83. The molecule has 0 aromatic heterocycles. The van der Waals surface area contributed by atoms with Crippen LogP contribution in [0.15, 0.2) is 54.6 Å². The van der Waals surface area contributed by atoms with Crippen molar-refractivity contribution in [2.24, 2.45) is 0 Å². The summed E-state index contributed by atoms with van der Waals surface area (Å²) < 4.78 is 5.66. The van der Waals surface area contributed by atoms with Gasteiger partial charge in [0, 0.05) is 0 Å². The molecule has 0 aliphatic heterocycles. The normalized spacial score (nSPS) is 11.5. The number of para-hydroxylation sites is 1. The molecular formula is C15H13NO. The van der Waals surface area contributed by atoms with Gasteiger partial charge in [-0.2, -0.15) is 5.26 Å². The Kier molecular flexibility index (Phi) is 3.42. The van der Waals surface area contributed by atoms with Crippen molar-refractivity contribution < 1.29 is 4.74 Å². The number of hydrogen-bond donors (Lipinski definition) is 0. The topological polar surface area (TPSA) is 33.0 Å². The highest BCUT2D eigenvalue weighted by Gasteiger charge is 2.03. The largest absolute Gasteiger partial charge is 0.457 e. The molecule has 2 aromatic carbocycles. The minimum Gasteiger partial charge on any atom is -0.457 e. The van der Waals surface area contributed by atoms with E-state index in [2.05, 4.69) is 6.07 Å². The number of benzene rings is 2. The maximum absolute atomic E-state index is 8.81. The first-order valence-corrected chi connectivity index (χ1v) is 5.52. The summed E-state index contributed by atoms with van der Waals surface area (Å²) in [5, 5.41) is 8.81. The lowest BCUT2D eigenvalue weighted by atomic mass is 10.0. The van der Waals surface area contributed by atoms with Crippen LogP contribution in [0.5, 0.6) is 11.5 Å². The van der Waals surface area contributed by atoms with E-state index in [9.17, 15) is 0 Å². The van der Waals surface area contributed by atoms with E-state index in [-0.39, 0.29) is 5.92 Å². The lowest BCUT2D eigenvalue weighted by Gasteiger charge is -2.07. The molecule has 0 heterocycles. The fourth-order valence-electron chi connectivity index (χ4n) is 1.52. The summed E-state index contributed by atoms with van der Waals surface area (Å²) in [5.74, 6) is 1.51. The van der Waals surface area contributed by atoms with Crippen LogP contribution >= 0.6 is 0 Å². The smallest absolute Gasteiger partial charge is 0.127 e. The van der Waals surface area contributed by atoms with Crippen molar-refractivity contribution in [1.82, 2.24) is 0 Å². The summed E-state index contributed by atoms with van der Waals surface area (Å²) in [5.41, 5.74) is 1.01. The molecule has 0 aliphatic rings. The molecule has 2 nitrogen and oxygen atoms in total. The van der Waals surface area contributed by atoms with Gasteiger partial charge < -0.3 is 4.74 Å². The van der Waals surface area contributed by atoms with Crippen LogP contribution in [0.3, 0.4) is 0 Å². The van der Waals surface area contributed by atoms with Crippen LogP contribution in [0.2, 0.25) is 0 Å². The zero-order chi connectivity index (χ0) is 12.1. The van der Waals surface area contributed by atoms with E-state index in [4.69, 9.17) is 10.00 Å². The fourth-order valence-corrected chi connectivity index (χ4v) is 1.52. The van der Waals surface area contributed by atoms with Gasteiger partial charge in [-0.3, -0.25) is 0 Å². The van der Waals surface area contributed by atoms with Crippen molar-refractivity contribution in [1.29, 1.82) is 5.26 Å². The first-order valence-electron chi connectivity index (χ1n) is 5.52. The van der Waals surface area contributed by atoms with Crippen LogP contribution in [0.1, 0.15) is 18.4 Å². The lowest BCUT2D eigenvalue weighted by molar-refractivity contribution is 0.482. The predicted octanol–water partition coefficient (Wildman–Crippen LogP) is 4.11. The average molecular weight is 223 g/mol. The van der Waals surface area contributed by atoms with Crippen LogP contribution in [0.4, 0.5) is 0 Å². The first-order chi connectivity index (χ1) is 8.29. The minimum atomic E-state index is -0.0826. The zero-order valence-corrected chi connectivity index (χ0v) is 9.63. The third kappa shape index (κ3) is 2.85. The highest BCUT2D eigenvalue weighted by Crippen LogP contribution is 2.23. The van der Waals surface area contributed by atoms with Gasteiger partial charge in [-0.25, -0.2) is 0 Å². The molecule has 0 bridgehead atoms. The molecule has 1 atom stereocenters. The summed E-state index contributed by atoms with van der Waals surface area (Å²) in [7, 11) is 0. The second kappa shape index (κ2) is 5.18. The van der Waals surface area contributed by atoms with Crippen LogP contribution in [0.25, 0.3) is 0 Å². The van der Waals surface area contributed by atoms with E-state index < -0.39 is 0 Å². The quantitative estimate of drug-likeness (QED) is 0.784. The lowest BCUT2D eigenvalue weighted by Crippen LogP contribution is -1.89. The van der Waals surface area contributed by atoms with Gasteiger partial charge in [-0.15, -0.1) is 0 Å². The summed E-state index contributed by atoms with van der Waals surface area (Å²) >= 11 is 0. The number of rotatable bonds is 3. The van der Waals surface area contributed by atoms with Gasteiger partial charge in [-0.1, -0.05) is 30.3 Å². The van der Waals surface area contributed by atoms with Gasteiger partial charge in [0.1, 0.15) is 11.5 Å². The Balaban J connectivity index is 2.12. The first kappa shape index (κ1) is 11.2. The monoisotopic (exact) mass is 223 g/mol. The van der Waals surface area contributed by atoms with Gasteiger partial charge in [0.2, 0.25) is 0 Å². The molecule has 0 spiro atoms. The molecule has 0 saturated carbocycles. The Hall–Kier alpha value is -2.27. The van der Waals surface area contributed by atoms with Gasteiger partial charge in [0.15, 0.2) is 0 Å². The molecule has 0 aliphatic carbocycles. The SMILES string of the molecule is CC(C#N)c1ccc(Oc2ccccc2)cc1. The fraction of sp³-hybridized carbons (Fsp3) is 0.133. The molecule has 2 aromatic rings. The van der Waals surface area contributed by atoms with Crippen LogP contribution in [0, 0.1) is 11.3 Å². The molecule has 17 heavy (non-hydrogen) atoms. The van der Waals surface area contributed by atoms with E-state index in [0.29, 0.717) is 0 Å². The predicted molar refractivity (Wildman–Crippen MR) is 67.0 cm³/mol. The van der Waals surface area contributed by atoms with Crippen LogP contribution in [-0.4, -0.2) is 0 Å². The summed E-state index contributed by atoms with van der Waals surface area (Å²) in [6.45, 7) is 1.88. The highest BCUT2D eigenvalue weighted by atomic mass is 16.5. The maximum Gasteiger partial charge on any atom is 0.127 e. The van der Waals surface area contributed by atoms with E-state index in [1.165, 1.54) is 0 Å². The average Bonchev–Trinajstić information content (AvgIpc) is 2.40. The Morgan fingerprint density at radius 3 is 2.12 bits per heavy atom. The third-order valence-corrected chi connectivity index (χ3v) is 2.55. The Labute approximate surface area is 101 Å². The molecule has 0 N–H and O–H groups in total. The van der Waals surface area contributed by atoms with E-state index >= 15 is 0 Å². The molecule has 2 heteroatoms. The van der Waals surface area contributed by atoms with Gasteiger partial charge >= 0.3 is 0 Å².